The second kappa shape index (κ2) is 4.66. The van der Waals surface area contributed by atoms with Gasteiger partial charge >= 0.3 is 6.18 Å². The molecule has 0 heterocycles. The van der Waals surface area contributed by atoms with Gasteiger partial charge in [-0.25, -0.2) is 0 Å². The molecule has 1 rings (SSSR count). The van der Waals surface area contributed by atoms with E-state index in [0.29, 0.717) is 6.42 Å². The normalized spacial score (nSPS) is 13.9. The van der Waals surface area contributed by atoms with Gasteiger partial charge in [-0.15, -0.1) is 0 Å². The van der Waals surface area contributed by atoms with E-state index in [1.807, 2.05) is 6.92 Å². The van der Waals surface area contributed by atoms with Crippen molar-refractivity contribution in [3.63, 3.8) is 0 Å². The van der Waals surface area contributed by atoms with Crippen molar-refractivity contribution in [2.75, 3.05) is 0 Å². The second-order valence-electron chi connectivity index (χ2n) is 3.57. The average Bonchev–Trinajstić information content (AvgIpc) is 2.17. The lowest BCUT2D eigenvalue weighted by Crippen LogP contribution is -2.21. The molecule has 0 fully saturated rings. The summed E-state index contributed by atoms with van der Waals surface area (Å²) in [6.45, 7) is 1.95. The van der Waals surface area contributed by atoms with Crippen LogP contribution in [0.25, 0.3) is 0 Å². The second-order valence-corrected chi connectivity index (χ2v) is 3.57. The van der Waals surface area contributed by atoms with E-state index in [4.69, 9.17) is 5.73 Å². The summed E-state index contributed by atoms with van der Waals surface area (Å²) in [5.41, 5.74) is 5.94. The summed E-state index contributed by atoms with van der Waals surface area (Å²) in [5, 5.41) is 0. The van der Waals surface area contributed by atoms with Crippen LogP contribution in [0.1, 0.15) is 24.5 Å². The van der Waals surface area contributed by atoms with Crippen LogP contribution >= 0.6 is 0 Å². The molecule has 0 saturated heterocycles. The SMILES string of the molecule is CCC(N)Cc1ccc(C(F)(F)F)cc1. The van der Waals surface area contributed by atoms with E-state index in [2.05, 4.69) is 0 Å². The number of nitrogens with two attached hydrogens (primary N) is 1. The highest BCUT2D eigenvalue weighted by Crippen LogP contribution is 2.29. The lowest BCUT2D eigenvalue weighted by molar-refractivity contribution is -0.137. The molecular weight excluding hydrogens is 203 g/mol. The molecule has 15 heavy (non-hydrogen) atoms. The molecule has 0 radical (unpaired) electrons. The van der Waals surface area contributed by atoms with Gasteiger partial charge in [-0.1, -0.05) is 19.1 Å². The molecule has 0 aliphatic rings. The van der Waals surface area contributed by atoms with Crippen LogP contribution in [0.3, 0.4) is 0 Å². The Kier molecular flexibility index (Phi) is 3.74. The van der Waals surface area contributed by atoms with Crippen molar-refractivity contribution in [3.05, 3.63) is 35.4 Å². The predicted molar refractivity (Wildman–Crippen MR) is 53.4 cm³/mol. The molecule has 1 nitrogen and oxygen atoms in total. The van der Waals surface area contributed by atoms with Gasteiger partial charge in [-0.05, 0) is 30.5 Å². The van der Waals surface area contributed by atoms with E-state index >= 15 is 0 Å². The maximum absolute atomic E-state index is 12.2. The summed E-state index contributed by atoms with van der Waals surface area (Å²) in [5.74, 6) is 0. The van der Waals surface area contributed by atoms with Crippen molar-refractivity contribution >= 4 is 0 Å². The molecule has 0 bridgehead atoms. The van der Waals surface area contributed by atoms with Gasteiger partial charge in [-0.3, -0.25) is 0 Å². The third-order valence-corrected chi connectivity index (χ3v) is 2.30. The number of rotatable bonds is 3. The van der Waals surface area contributed by atoms with Gasteiger partial charge in [0.15, 0.2) is 0 Å². The zero-order valence-electron chi connectivity index (χ0n) is 8.51. The molecule has 0 saturated carbocycles. The summed E-state index contributed by atoms with van der Waals surface area (Å²) in [6.07, 6.45) is -2.82. The van der Waals surface area contributed by atoms with Crippen LogP contribution in [0, 0.1) is 0 Å². The van der Waals surface area contributed by atoms with Crippen LogP contribution in [-0.2, 0) is 12.6 Å². The lowest BCUT2D eigenvalue weighted by Gasteiger charge is -2.10. The molecule has 0 amide bonds. The third kappa shape index (κ3) is 3.55. The number of hydrogen-bond donors (Lipinski definition) is 1. The van der Waals surface area contributed by atoms with Crippen LogP contribution in [0.4, 0.5) is 13.2 Å². The van der Waals surface area contributed by atoms with Crippen LogP contribution in [0.2, 0.25) is 0 Å². The van der Waals surface area contributed by atoms with Crippen molar-refractivity contribution in [2.45, 2.75) is 32.0 Å². The fraction of sp³-hybridized carbons (Fsp3) is 0.455. The minimum Gasteiger partial charge on any atom is -0.327 e. The lowest BCUT2D eigenvalue weighted by atomic mass is 10.0. The van der Waals surface area contributed by atoms with Crippen molar-refractivity contribution in [1.29, 1.82) is 0 Å². The van der Waals surface area contributed by atoms with Gasteiger partial charge < -0.3 is 5.73 Å². The summed E-state index contributed by atoms with van der Waals surface area (Å²) in [7, 11) is 0. The van der Waals surface area contributed by atoms with Crippen molar-refractivity contribution in [2.24, 2.45) is 5.73 Å². The molecule has 0 aliphatic carbocycles. The molecule has 1 aromatic rings. The Hall–Kier alpha value is -1.03. The summed E-state index contributed by atoms with van der Waals surface area (Å²) in [4.78, 5) is 0. The number of hydrogen-bond acceptors (Lipinski definition) is 1. The molecule has 2 N–H and O–H groups in total. The Labute approximate surface area is 87.1 Å². The van der Waals surface area contributed by atoms with E-state index in [1.165, 1.54) is 12.1 Å². The van der Waals surface area contributed by atoms with Gasteiger partial charge in [0.05, 0.1) is 5.56 Å². The van der Waals surface area contributed by atoms with Crippen LogP contribution in [0.15, 0.2) is 24.3 Å². The fourth-order valence-corrected chi connectivity index (χ4v) is 1.28. The monoisotopic (exact) mass is 217 g/mol. The Morgan fingerprint density at radius 2 is 1.73 bits per heavy atom. The van der Waals surface area contributed by atoms with Crippen LogP contribution < -0.4 is 5.73 Å². The van der Waals surface area contributed by atoms with Crippen LogP contribution in [0.5, 0.6) is 0 Å². The van der Waals surface area contributed by atoms with Crippen molar-refractivity contribution < 1.29 is 13.2 Å². The van der Waals surface area contributed by atoms with Crippen molar-refractivity contribution in [3.8, 4) is 0 Å². The molecular formula is C11H14F3N. The van der Waals surface area contributed by atoms with E-state index in [-0.39, 0.29) is 6.04 Å². The number of halogens is 3. The minimum atomic E-state index is -4.26. The smallest absolute Gasteiger partial charge is 0.327 e. The highest BCUT2D eigenvalue weighted by molar-refractivity contribution is 5.25. The molecule has 1 unspecified atom stereocenters. The Bertz CT molecular complexity index is 303. The first-order valence-corrected chi connectivity index (χ1v) is 4.85. The summed E-state index contributed by atoms with van der Waals surface area (Å²) >= 11 is 0. The van der Waals surface area contributed by atoms with E-state index in [1.54, 1.807) is 0 Å². The zero-order chi connectivity index (χ0) is 11.5. The van der Waals surface area contributed by atoms with Crippen molar-refractivity contribution in [1.82, 2.24) is 0 Å². The highest BCUT2D eigenvalue weighted by atomic mass is 19.4. The molecule has 0 aromatic heterocycles. The van der Waals surface area contributed by atoms with E-state index < -0.39 is 11.7 Å². The molecule has 0 spiro atoms. The maximum atomic E-state index is 12.2. The third-order valence-electron chi connectivity index (χ3n) is 2.30. The summed E-state index contributed by atoms with van der Waals surface area (Å²) in [6, 6.07) is 5.17. The Balaban J connectivity index is 2.73. The Morgan fingerprint density at radius 3 is 2.13 bits per heavy atom. The van der Waals surface area contributed by atoms with E-state index in [9.17, 15) is 13.2 Å². The summed E-state index contributed by atoms with van der Waals surface area (Å²) < 4.78 is 36.7. The Morgan fingerprint density at radius 1 is 1.20 bits per heavy atom. The van der Waals surface area contributed by atoms with Gasteiger partial charge in [0.25, 0.3) is 0 Å². The average molecular weight is 217 g/mol. The first-order valence-electron chi connectivity index (χ1n) is 4.85. The van der Waals surface area contributed by atoms with Crippen LogP contribution in [-0.4, -0.2) is 6.04 Å². The molecule has 4 heteroatoms. The minimum absolute atomic E-state index is 0.0155. The number of alkyl halides is 3. The van der Waals surface area contributed by atoms with E-state index in [0.717, 1.165) is 24.1 Å². The maximum Gasteiger partial charge on any atom is 0.416 e. The highest BCUT2D eigenvalue weighted by Gasteiger charge is 2.29. The molecule has 84 valence electrons. The first kappa shape index (κ1) is 12.0. The van der Waals surface area contributed by atoms with Gasteiger partial charge in [-0.2, -0.15) is 13.2 Å². The molecule has 0 aliphatic heterocycles. The molecule has 1 aromatic carbocycles. The van der Waals surface area contributed by atoms with Gasteiger partial charge in [0.2, 0.25) is 0 Å². The predicted octanol–water partition coefficient (Wildman–Crippen LogP) is 2.99. The topological polar surface area (TPSA) is 26.0 Å². The molecule has 1 atom stereocenters. The first-order chi connectivity index (χ1) is 6.93. The quantitative estimate of drug-likeness (QED) is 0.827. The largest absolute Gasteiger partial charge is 0.416 e. The van der Waals surface area contributed by atoms with Gasteiger partial charge in [0, 0.05) is 6.04 Å². The number of benzene rings is 1. The standard InChI is InChI=1S/C11H14F3N/c1-2-10(15)7-8-3-5-9(6-4-8)11(12,13)14/h3-6,10H,2,7,15H2,1H3. The zero-order valence-corrected chi connectivity index (χ0v) is 8.51. The van der Waals surface area contributed by atoms with Gasteiger partial charge in [0.1, 0.15) is 0 Å². The fourth-order valence-electron chi connectivity index (χ4n) is 1.28.